The van der Waals surface area contributed by atoms with E-state index in [1.807, 2.05) is 63.3 Å². The van der Waals surface area contributed by atoms with Gasteiger partial charge in [0.05, 0.1) is 5.19 Å². The Morgan fingerprint density at radius 3 is 1.24 bits per heavy atom. The van der Waals surface area contributed by atoms with Gasteiger partial charge in [-0.3, -0.25) is 0 Å². The Hall–Kier alpha value is -0.843. The quantitative estimate of drug-likeness (QED) is 0.141. The number of rotatable bonds is 1. The summed E-state index contributed by atoms with van der Waals surface area (Å²) < 4.78 is 74.0. The molecular formula is C16H20F5IN2Si. The summed E-state index contributed by atoms with van der Waals surface area (Å²) in [5.74, 6) is -13.0. The maximum absolute atomic E-state index is 14.7. The van der Waals surface area contributed by atoms with Crippen LogP contribution in [0.5, 0.6) is 0 Å². The molecule has 2 nitrogen and oxygen atoms in total. The summed E-state index contributed by atoms with van der Waals surface area (Å²) in [6, 6.07) is 0. The average molecular weight is 490 g/mol. The molecule has 1 aliphatic rings. The van der Waals surface area contributed by atoms with Crippen LogP contribution in [0, 0.1) is 29.1 Å². The fourth-order valence-electron chi connectivity index (χ4n) is 2.91. The van der Waals surface area contributed by atoms with Gasteiger partial charge < -0.3 is 9.13 Å². The van der Waals surface area contributed by atoms with Crippen LogP contribution in [-0.2, 0) is 0 Å². The standard InChI is InChI=1S/C16H20F5IN2Si/c1-15(2,3)23-7-8-24(16(4,5)6)25(23,22)14-12(20)10(18)9(17)11(19)13(14)21/h7-8H,1-6H3. The van der Waals surface area contributed by atoms with E-state index >= 15 is 0 Å². The molecule has 0 amide bonds. The molecule has 0 radical (unpaired) electrons. The second-order valence-electron chi connectivity index (χ2n) is 7.91. The molecule has 0 aromatic heterocycles. The Bertz CT molecular complexity index is 687. The molecule has 0 spiro atoms. The van der Waals surface area contributed by atoms with Crippen molar-refractivity contribution >= 4 is 32.9 Å². The summed E-state index contributed by atoms with van der Waals surface area (Å²) in [4.78, 5) is 0. The summed E-state index contributed by atoms with van der Waals surface area (Å²) >= 11 is 1.89. The smallest absolute Gasteiger partial charge is 0.370 e. The SMILES string of the molecule is CC(C)(C)N1C=CN(C(C)(C)C)[Si]1(I)c1c(F)c(F)c(F)c(F)c1F. The fourth-order valence-corrected chi connectivity index (χ4v) is 13.4. The van der Waals surface area contributed by atoms with E-state index in [2.05, 4.69) is 0 Å². The molecule has 0 N–H and O–H groups in total. The Morgan fingerprint density at radius 2 is 0.960 bits per heavy atom. The normalized spacial score (nSPS) is 17.6. The lowest BCUT2D eigenvalue weighted by Gasteiger charge is -2.49. The van der Waals surface area contributed by atoms with Crippen LogP contribution in [0.3, 0.4) is 0 Å². The predicted octanol–water partition coefficient (Wildman–Crippen LogP) is 4.65. The highest BCUT2D eigenvalue weighted by Gasteiger charge is 2.58. The summed E-state index contributed by atoms with van der Waals surface area (Å²) in [5.41, 5.74) is -1.16. The second kappa shape index (κ2) is 6.10. The van der Waals surface area contributed by atoms with E-state index in [-0.39, 0.29) is 0 Å². The van der Waals surface area contributed by atoms with Crippen molar-refractivity contribution in [1.29, 1.82) is 0 Å². The molecule has 1 aliphatic heterocycles. The van der Waals surface area contributed by atoms with E-state index < -0.39 is 51.2 Å². The van der Waals surface area contributed by atoms with Crippen LogP contribution in [-0.4, -0.2) is 26.1 Å². The maximum atomic E-state index is 14.7. The first kappa shape index (κ1) is 20.5. The molecule has 25 heavy (non-hydrogen) atoms. The van der Waals surface area contributed by atoms with Crippen molar-refractivity contribution in [3.63, 3.8) is 0 Å². The molecule has 1 heterocycles. The van der Waals surface area contributed by atoms with E-state index in [1.165, 1.54) is 0 Å². The van der Waals surface area contributed by atoms with E-state index in [9.17, 15) is 22.0 Å². The molecule has 140 valence electrons. The van der Waals surface area contributed by atoms with Crippen LogP contribution in [0.25, 0.3) is 0 Å². The number of hydrogen-bond donors (Lipinski definition) is 0. The maximum Gasteiger partial charge on any atom is 0.372 e. The van der Waals surface area contributed by atoms with Crippen LogP contribution in [0.1, 0.15) is 41.5 Å². The zero-order valence-corrected chi connectivity index (χ0v) is 18.0. The summed E-state index contributed by atoms with van der Waals surface area (Å²) in [6.45, 7) is 11.0. The molecule has 2 rings (SSSR count). The second-order valence-corrected chi connectivity index (χ2v) is 15.1. The minimum atomic E-state index is -3.54. The van der Waals surface area contributed by atoms with Crippen molar-refractivity contribution in [2.45, 2.75) is 52.6 Å². The first-order valence-electron chi connectivity index (χ1n) is 7.63. The van der Waals surface area contributed by atoms with Crippen LogP contribution < -0.4 is 5.19 Å². The highest BCUT2D eigenvalue weighted by atomic mass is 127. The summed E-state index contributed by atoms with van der Waals surface area (Å²) in [6.07, 6.45) is 3.34. The van der Waals surface area contributed by atoms with Gasteiger partial charge in [-0.15, -0.1) is 0 Å². The largest absolute Gasteiger partial charge is 0.372 e. The van der Waals surface area contributed by atoms with Gasteiger partial charge in [-0.2, -0.15) is 0 Å². The molecule has 0 unspecified atom stereocenters. The van der Waals surface area contributed by atoms with Gasteiger partial charge in [-0.25, -0.2) is 22.0 Å². The van der Waals surface area contributed by atoms with Gasteiger partial charge in [0.2, 0.25) is 5.82 Å². The Kier molecular flexibility index (Phi) is 5.00. The van der Waals surface area contributed by atoms with Crippen molar-refractivity contribution < 1.29 is 22.0 Å². The predicted molar refractivity (Wildman–Crippen MR) is 98.0 cm³/mol. The van der Waals surface area contributed by atoms with E-state index in [0.29, 0.717) is 0 Å². The van der Waals surface area contributed by atoms with Gasteiger partial charge in [0.25, 0.3) is 0 Å². The Morgan fingerprint density at radius 1 is 0.680 bits per heavy atom. The third-order valence-corrected chi connectivity index (χ3v) is 12.7. The van der Waals surface area contributed by atoms with Crippen LogP contribution in [0.4, 0.5) is 22.0 Å². The third kappa shape index (κ3) is 3.06. The first-order valence-corrected chi connectivity index (χ1v) is 12.6. The zero-order chi connectivity index (χ0) is 19.5. The zero-order valence-electron chi connectivity index (χ0n) is 14.8. The molecule has 1 aromatic rings. The summed E-state index contributed by atoms with van der Waals surface area (Å²) in [7, 11) is 0. The highest BCUT2D eigenvalue weighted by molar-refractivity contribution is 14.1. The van der Waals surface area contributed by atoms with E-state index in [1.54, 1.807) is 21.5 Å². The highest BCUT2D eigenvalue weighted by Crippen LogP contribution is 2.41. The minimum Gasteiger partial charge on any atom is -0.370 e. The number of halogens is 6. The van der Waals surface area contributed by atoms with Gasteiger partial charge in [-0.05, 0) is 41.5 Å². The molecule has 1 aromatic carbocycles. The minimum absolute atomic E-state index is 0.579. The molecule has 0 aliphatic carbocycles. The molecule has 0 bridgehead atoms. The number of nitrogens with zero attached hydrogens (tertiary/aromatic N) is 2. The van der Waals surface area contributed by atoms with Gasteiger partial charge >= 0.3 is 5.89 Å². The Balaban J connectivity index is 2.88. The van der Waals surface area contributed by atoms with Crippen LogP contribution in [0.15, 0.2) is 12.4 Å². The van der Waals surface area contributed by atoms with Gasteiger partial charge in [-0.1, -0.05) is 21.8 Å². The van der Waals surface area contributed by atoms with E-state index in [4.69, 9.17) is 0 Å². The lowest BCUT2D eigenvalue weighted by atomic mass is 10.1. The topological polar surface area (TPSA) is 6.48 Å². The summed E-state index contributed by atoms with van der Waals surface area (Å²) in [5, 5.41) is -0.737. The van der Waals surface area contributed by atoms with Crippen molar-refractivity contribution in [3.05, 3.63) is 41.5 Å². The van der Waals surface area contributed by atoms with Gasteiger partial charge in [0, 0.05) is 23.5 Å². The average Bonchev–Trinajstić information content (AvgIpc) is 2.81. The lowest BCUT2D eigenvalue weighted by molar-refractivity contribution is 0.281. The van der Waals surface area contributed by atoms with Crippen molar-refractivity contribution in [3.8, 4) is 0 Å². The number of benzene rings is 1. The Labute approximate surface area is 158 Å². The van der Waals surface area contributed by atoms with Gasteiger partial charge in [0.15, 0.2) is 23.3 Å². The molecule has 0 saturated heterocycles. The molecule has 0 saturated carbocycles. The van der Waals surface area contributed by atoms with Crippen molar-refractivity contribution in [2.24, 2.45) is 0 Å². The van der Waals surface area contributed by atoms with Crippen LogP contribution >= 0.6 is 21.8 Å². The van der Waals surface area contributed by atoms with Gasteiger partial charge in [0.1, 0.15) is 0 Å². The monoisotopic (exact) mass is 490 g/mol. The lowest BCUT2D eigenvalue weighted by Crippen LogP contribution is -2.71. The van der Waals surface area contributed by atoms with E-state index in [0.717, 1.165) is 0 Å². The van der Waals surface area contributed by atoms with Crippen LogP contribution in [0.2, 0.25) is 0 Å². The third-order valence-electron chi connectivity index (χ3n) is 3.98. The first-order chi connectivity index (χ1) is 11.1. The fraction of sp³-hybridized carbons (Fsp3) is 0.500. The van der Waals surface area contributed by atoms with Crippen molar-refractivity contribution in [1.82, 2.24) is 9.13 Å². The molecule has 0 atom stereocenters. The number of hydrogen-bond acceptors (Lipinski definition) is 2. The molecule has 9 heteroatoms. The molecular weight excluding hydrogens is 470 g/mol. The molecule has 0 fully saturated rings. The van der Waals surface area contributed by atoms with Crippen molar-refractivity contribution in [2.75, 3.05) is 0 Å².